The van der Waals surface area contributed by atoms with Gasteiger partial charge in [-0.15, -0.1) is 0 Å². The van der Waals surface area contributed by atoms with Crippen LogP contribution >= 0.6 is 0 Å². The van der Waals surface area contributed by atoms with Gasteiger partial charge in [-0.1, -0.05) is 29.8 Å². The third-order valence-electron chi connectivity index (χ3n) is 6.44. The first kappa shape index (κ1) is 24.2. The lowest BCUT2D eigenvalue weighted by molar-refractivity contribution is -0.148. The van der Waals surface area contributed by atoms with Gasteiger partial charge in [0.1, 0.15) is 5.75 Å². The van der Waals surface area contributed by atoms with Gasteiger partial charge in [-0.05, 0) is 56.9 Å². The third-order valence-corrected chi connectivity index (χ3v) is 8.61. The second-order valence-electron chi connectivity index (χ2n) is 8.98. The van der Waals surface area contributed by atoms with Gasteiger partial charge in [-0.25, -0.2) is 13.2 Å². The van der Waals surface area contributed by atoms with Crippen LogP contribution in [-0.2, 0) is 24.3 Å². The Morgan fingerprint density at radius 2 is 1.74 bits per heavy atom. The van der Waals surface area contributed by atoms with E-state index in [1.54, 1.807) is 38.1 Å². The molecule has 0 aromatic heterocycles. The maximum Gasteiger partial charge on any atom is 0.348 e. The van der Waals surface area contributed by atoms with Crippen molar-refractivity contribution in [3.8, 4) is 5.75 Å². The first-order chi connectivity index (χ1) is 16.1. The molecular weight excluding hydrogens is 456 g/mol. The van der Waals surface area contributed by atoms with Crippen molar-refractivity contribution < 1.29 is 27.5 Å². The smallest absolute Gasteiger partial charge is 0.348 e. The van der Waals surface area contributed by atoms with Crippen LogP contribution in [0.3, 0.4) is 0 Å². The molecular formula is C25H30N2O6S. The van der Waals surface area contributed by atoms with Crippen molar-refractivity contribution in [2.45, 2.75) is 44.6 Å². The Morgan fingerprint density at radius 3 is 2.41 bits per heavy atom. The Hall–Kier alpha value is -2.91. The summed E-state index contributed by atoms with van der Waals surface area (Å²) in [6.07, 6.45) is 0.204. The lowest BCUT2D eigenvalue weighted by Crippen LogP contribution is -2.52. The number of carbonyl (C=O) groups is 2. The van der Waals surface area contributed by atoms with Gasteiger partial charge < -0.3 is 14.4 Å². The van der Waals surface area contributed by atoms with Crippen molar-refractivity contribution >= 4 is 27.6 Å². The second kappa shape index (κ2) is 9.38. The van der Waals surface area contributed by atoms with Crippen molar-refractivity contribution in [1.29, 1.82) is 0 Å². The lowest BCUT2D eigenvalue weighted by Gasteiger charge is -2.38. The molecule has 0 unspecified atom stereocenters. The molecule has 8 nitrogen and oxygen atoms in total. The summed E-state index contributed by atoms with van der Waals surface area (Å²) in [6, 6.07) is 10.8. The van der Waals surface area contributed by atoms with E-state index in [1.807, 2.05) is 19.1 Å². The first-order valence-corrected chi connectivity index (χ1v) is 12.8. The van der Waals surface area contributed by atoms with Crippen molar-refractivity contribution in [2.75, 3.05) is 31.6 Å². The normalized spacial score (nSPS) is 20.9. The maximum absolute atomic E-state index is 13.7. The number of sulfonamides is 1. The Morgan fingerprint density at radius 1 is 1.06 bits per heavy atom. The molecule has 2 aromatic rings. The van der Waals surface area contributed by atoms with Crippen LogP contribution in [0.2, 0.25) is 0 Å². The van der Waals surface area contributed by atoms with E-state index in [2.05, 4.69) is 0 Å². The third kappa shape index (κ3) is 4.42. The summed E-state index contributed by atoms with van der Waals surface area (Å²) < 4.78 is 39.2. The highest BCUT2D eigenvalue weighted by Gasteiger charge is 2.40. The number of esters is 1. The number of methoxy groups -OCH3 is 1. The fraction of sp³-hybridized carbons (Fsp3) is 0.440. The SMILES string of the molecule is COC(=O)[C@H]1CN(C(=O)[C@@H]2CCCN(S(=O)(=O)c3c(C)cc(C)cc3C)C2)c2ccccc2O1. The summed E-state index contributed by atoms with van der Waals surface area (Å²) in [5.74, 6) is -0.893. The molecule has 2 aliphatic heterocycles. The van der Waals surface area contributed by atoms with Crippen LogP contribution in [0.15, 0.2) is 41.3 Å². The van der Waals surface area contributed by atoms with Gasteiger partial charge in [0, 0.05) is 13.1 Å². The molecule has 9 heteroatoms. The van der Waals surface area contributed by atoms with Crippen molar-refractivity contribution in [1.82, 2.24) is 4.31 Å². The van der Waals surface area contributed by atoms with Gasteiger partial charge in [0.25, 0.3) is 0 Å². The first-order valence-electron chi connectivity index (χ1n) is 11.4. The molecule has 34 heavy (non-hydrogen) atoms. The lowest BCUT2D eigenvalue weighted by atomic mass is 9.97. The van der Waals surface area contributed by atoms with Crippen LogP contribution in [0.4, 0.5) is 5.69 Å². The zero-order chi connectivity index (χ0) is 24.6. The fourth-order valence-electron chi connectivity index (χ4n) is 4.98. The van der Waals surface area contributed by atoms with Crippen LogP contribution in [-0.4, -0.2) is 57.4 Å². The summed E-state index contributed by atoms with van der Waals surface area (Å²) in [5.41, 5.74) is 2.98. The molecule has 0 N–H and O–H groups in total. The second-order valence-corrected chi connectivity index (χ2v) is 10.9. The van der Waals surface area contributed by atoms with Crippen LogP contribution in [0.5, 0.6) is 5.75 Å². The molecule has 4 rings (SSSR count). The predicted octanol–water partition coefficient (Wildman–Crippen LogP) is 2.98. The van der Waals surface area contributed by atoms with Crippen LogP contribution in [0.25, 0.3) is 0 Å². The summed E-state index contributed by atoms with van der Waals surface area (Å²) in [6.45, 7) is 6.02. The number of amides is 1. The minimum absolute atomic E-state index is 0.0158. The quantitative estimate of drug-likeness (QED) is 0.617. The number of hydrogen-bond acceptors (Lipinski definition) is 6. The molecule has 0 radical (unpaired) electrons. The number of fused-ring (bicyclic) bond motifs is 1. The number of hydrogen-bond donors (Lipinski definition) is 0. The summed E-state index contributed by atoms with van der Waals surface area (Å²) >= 11 is 0. The number of anilines is 1. The molecule has 1 amide bonds. The van der Waals surface area contributed by atoms with Crippen molar-refractivity contribution in [3.05, 3.63) is 53.1 Å². The largest absolute Gasteiger partial charge is 0.475 e. The Balaban J connectivity index is 1.61. The Labute approximate surface area is 200 Å². The summed E-state index contributed by atoms with van der Waals surface area (Å²) in [7, 11) is -2.49. The molecule has 0 aliphatic carbocycles. The molecule has 1 fully saturated rings. The number of carbonyl (C=O) groups excluding carboxylic acids is 2. The van der Waals surface area contributed by atoms with E-state index in [0.717, 1.165) is 5.56 Å². The number of rotatable bonds is 4. The highest BCUT2D eigenvalue weighted by molar-refractivity contribution is 7.89. The molecule has 0 spiro atoms. The van der Waals surface area contributed by atoms with Crippen LogP contribution < -0.4 is 9.64 Å². The molecule has 2 aromatic carbocycles. The average molecular weight is 487 g/mol. The topological polar surface area (TPSA) is 93.2 Å². The molecule has 0 saturated carbocycles. The van der Waals surface area contributed by atoms with Gasteiger partial charge in [0.2, 0.25) is 22.0 Å². The molecule has 182 valence electrons. The maximum atomic E-state index is 13.7. The Kier molecular flexibility index (Phi) is 6.69. The molecule has 1 saturated heterocycles. The van der Waals surface area contributed by atoms with E-state index >= 15 is 0 Å². The van der Waals surface area contributed by atoms with Gasteiger partial charge in [-0.3, -0.25) is 4.79 Å². The van der Waals surface area contributed by atoms with E-state index in [9.17, 15) is 18.0 Å². The van der Waals surface area contributed by atoms with Gasteiger partial charge in [0.05, 0.1) is 30.2 Å². The predicted molar refractivity (Wildman–Crippen MR) is 127 cm³/mol. The molecule has 0 bridgehead atoms. The highest BCUT2D eigenvalue weighted by atomic mass is 32.2. The molecule has 2 aliphatic rings. The zero-order valence-electron chi connectivity index (χ0n) is 19.9. The standard InChI is InChI=1S/C25H30N2O6S/c1-16-12-17(2)23(18(3)13-16)34(30,31)26-11-7-8-19(14-26)24(28)27-15-22(25(29)32-4)33-21-10-6-5-9-20(21)27/h5-6,9-10,12-13,19,22H,7-8,11,14-15H2,1-4H3/t19-,22-/m1/s1. The molecule has 2 heterocycles. The van der Waals surface area contributed by atoms with E-state index in [1.165, 1.54) is 16.3 Å². The van der Waals surface area contributed by atoms with Gasteiger partial charge >= 0.3 is 5.97 Å². The van der Waals surface area contributed by atoms with Crippen LogP contribution in [0, 0.1) is 26.7 Å². The fourth-order valence-corrected chi connectivity index (χ4v) is 6.92. The number of ether oxygens (including phenoxy) is 2. The monoisotopic (exact) mass is 486 g/mol. The number of benzene rings is 2. The van der Waals surface area contributed by atoms with Crippen molar-refractivity contribution in [3.63, 3.8) is 0 Å². The van der Waals surface area contributed by atoms with Crippen molar-refractivity contribution in [2.24, 2.45) is 5.92 Å². The minimum Gasteiger partial charge on any atom is -0.475 e. The van der Waals surface area contributed by atoms with E-state index in [-0.39, 0.29) is 19.0 Å². The van der Waals surface area contributed by atoms with Crippen LogP contribution in [0.1, 0.15) is 29.5 Å². The molecule has 2 atom stereocenters. The van der Waals surface area contributed by atoms with E-state index < -0.39 is 28.0 Å². The summed E-state index contributed by atoms with van der Waals surface area (Å²) in [5, 5.41) is 0. The van der Waals surface area contributed by atoms with Gasteiger partial charge in [0.15, 0.2) is 0 Å². The zero-order valence-corrected chi connectivity index (χ0v) is 20.7. The van der Waals surface area contributed by atoms with E-state index in [4.69, 9.17) is 9.47 Å². The number of nitrogens with zero attached hydrogens (tertiary/aromatic N) is 2. The highest BCUT2D eigenvalue weighted by Crippen LogP contribution is 2.36. The number of aryl methyl sites for hydroxylation is 3. The Bertz CT molecular complexity index is 1200. The summed E-state index contributed by atoms with van der Waals surface area (Å²) in [4.78, 5) is 27.7. The number of piperidine rings is 1. The van der Waals surface area contributed by atoms with Gasteiger partial charge in [-0.2, -0.15) is 4.31 Å². The average Bonchev–Trinajstić information content (AvgIpc) is 2.81. The number of para-hydroxylation sites is 2. The van der Waals surface area contributed by atoms with E-state index in [0.29, 0.717) is 46.8 Å². The minimum atomic E-state index is -3.76.